The first kappa shape index (κ1) is 15.8. The third-order valence-corrected chi connectivity index (χ3v) is 4.09. The molecule has 1 saturated heterocycles. The van der Waals surface area contributed by atoms with Crippen molar-refractivity contribution in [2.24, 2.45) is 0 Å². The summed E-state index contributed by atoms with van der Waals surface area (Å²) in [6.45, 7) is 2.94. The zero-order valence-corrected chi connectivity index (χ0v) is 12.9. The van der Waals surface area contributed by atoms with E-state index in [0.29, 0.717) is 12.0 Å². The number of carbonyl (C=O) groups excluding carboxylic acids is 1. The van der Waals surface area contributed by atoms with Gasteiger partial charge in [-0.25, -0.2) is 4.98 Å². The van der Waals surface area contributed by atoms with Crippen molar-refractivity contribution in [3.63, 3.8) is 0 Å². The largest absolute Gasteiger partial charge is 0.396 e. The molecule has 0 saturated carbocycles. The number of piperidine rings is 1. The highest BCUT2D eigenvalue weighted by molar-refractivity contribution is 5.95. The molecular weight excluding hydrogens is 266 g/mol. The number of pyridine rings is 1. The zero-order valence-electron chi connectivity index (χ0n) is 12.9. The van der Waals surface area contributed by atoms with Crippen molar-refractivity contribution < 1.29 is 9.90 Å². The molecule has 0 aromatic carbocycles. The molecule has 1 fully saturated rings. The summed E-state index contributed by atoms with van der Waals surface area (Å²) in [7, 11) is 1.81. The topological polar surface area (TPSA) is 65.5 Å². The molecule has 0 bridgehead atoms. The average molecular weight is 291 g/mol. The Hall–Kier alpha value is -1.62. The number of aliphatic hydroxyl groups is 1. The fourth-order valence-electron chi connectivity index (χ4n) is 2.90. The molecule has 21 heavy (non-hydrogen) atoms. The Labute approximate surface area is 126 Å². The fourth-order valence-corrected chi connectivity index (χ4v) is 2.90. The normalized spacial score (nSPS) is 18.6. The smallest absolute Gasteiger partial charge is 0.254 e. The molecule has 5 nitrogen and oxygen atoms in total. The molecule has 5 heteroatoms. The van der Waals surface area contributed by atoms with E-state index >= 15 is 0 Å². The van der Waals surface area contributed by atoms with Gasteiger partial charge >= 0.3 is 0 Å². The molecule has 2 heterocycles. The second kappa shape index (κ2) is 7.41. The van der Waals surface area contributed by atoms with Crippen molar-refractivity contribution in [2.45, 2.75) is 45.1 Å². The van der Waals surface area contributed by atoms with Gasteiger partial charge in [0.15, 0.2) is 0 Å². The van der Waals surface area contributed by atoms with Crippen LogP contribution in [-0.4, -0.2) is 47.1 Å². The summed E-state index contributed by atoms with van der Waals surface area (Å²) in [5.74, 6) is 0.787. The van der Waals surface area contributed by atoms with Crippen LogP contribution in [0.5, 0.6) is 0 Å². The lowest BCUT2D eigenvalue weighted by Gasteiger charge is -2.35. The number of amides is 1. The van der Waals surface area contributed by atoms with Crippen molar-refractivity contribution in [1.29, 1.82) is 0 Å². The number of hydrogen-bond donors (Lipinski definition) is 2. The van der Waals surface area contributed by atoms with E-state index in [1.165, 1.54) is 0 Å². The quantitative estimate of drug-likeness (QED) is 0.871. The standard InChI is InChI=1S/C16H25N3O2/c1-3-13-10-12(11-15(17-2)18-13)16(21)19-8-5-4-6-14(19)7-9-20/h10-11,14,20H,3-9H2,1-2H3,(H,17,18). The first-order chi connectivity index (χ1) is 10.2. The van der Waals surface area contributed by atoms with Crippen LogP contribution >= 0.6 is 0 Å². The fraction of sp³-hybridized carbons (Fsp3) is 0.625. The Morgan fingerprint density at radius 1 is 1.48 bits per heavy atom. The van der Waals surface area contributed by atoms with Gasteiger partial charge in [-0.1, -0.05) is 6.92 Å². The lowest BCUT2D eigenvalue weighted by Crippen LogP contribution is -2.44. The number of aliphatic hydroxyl groups excluding tert-OH is 1. The summed E-state index contributed by atoms with van der Waals surface area (Å²) in [5, 5.41) is 12.2. The maximum Gasteiger partial charge on any atom is 0.254 e. The number of anilines is 1. The molecule has 0 aliphatic carbocycles. The van der Waals surface area contributed by atoms with Gasteiger partial charge in [0, 0.05) is 37.5 Å². The van der Waals surface area contributed by atoms with Crippen molar-refractivity contribution >= 4 is 11.7 Å². The minimum Gasteiger partial charge on any atom is -0.396 e. The van der Waals surface area contributed by atoms with E-state index < -0.39 is 0 Å². The lowest BCUT2D eigenvalue weighted by molar-refractivity contribution is 0.0574. The van der Waals surface area contributed by atoms with Gasteiger partial charge in [0.2, 0.25) is 0 Å². The highest BCUT2D eigenvalue weighted by Gasteiger charge is 2.27. The molecule has 1 aromatic rings. The van der Waals surface area contributed by atoms with Gasteiger partial charge in [0.05, 0.1) is 0 Å². The molecule has 1 aliphatic heterocycles. The molecule has 1 aromatic heterocycles. The zero-order chi connectivity index (χ0) is 15.2. The van der Waals surface area contributed by atoms with Gasteiger partial charge in [-0.3, -0.25) is 4.79 Å². The molecule has 0 radical (unpaired) electrons. The van der Waals surface area contributed by atoms with Gasteiger partial charge < -0.3 is 15.3 Å². The minimum atomic E-state index is 0.0572. The van der Waals surface area contributed by atoms with Gasteiger partial charge in [-0.05, 0) is 44.2 Å². The molecule has 1 amide bonds. The summed E-state index contributed by atoms with van der Waals surface area (Å²) >= 11 is 0. The van der Waals surface area contributed by atoms with Crippen LogP contribution in [0, 0.1) is 0 Å². The number of aromatic nitrogens is 1. The molecule has 2 N–H and O–H groups in total. The molecule has 1 unspecified atom stereocenters. The molecule has 1 aliphatic rings. The number of rotatable bonds is 5. The maximum atomic E-state index is 12.8. The Bertz CT molecular complexity index is 466. The third-order valence-electron chi connectivity index (χ3n) is 4.09. The summed E-state index contributed by atoms with van der Waals surface area (Å²) in [6.07, 6.45) is 4.62. The van der Waals surface area contributed by atoms with Crippen LogP contribution in [0.25, 0.3) is 0 Å². The van der Waals surface area contributed by atoms with Crippen LogP contribution in [0.15, 0.2) is 12.1 Å². The number of hydrogen-bond acceptors (Lipinski definition) is 4. The van der Waals surface area contributed by atoms with E-state index in [-0.39, 0.29) is 18.6 Å². The van der Waals surface area contributed by atoms with E-state index in [2.05, 4.69) is 10.3 Å². The first-order valence-electron chi connectivity index (χ1n) is 7.80. The third kappa shape index (κ3) is 3.73. The SMILES string of the molecule is CCc1cc(C(=O)N2CCCCC2CCO)cc(NC)n1. The van der Waals surface area contributed by atoms with E-state index in [1.54, 1.807) is 0 Å². The number of likely N-dealkylation sites (tertiary alicyclic amines) is 1. The Morgan fingerprint density at radius 2 is 2.29 bits per heavy atom. The second-order valence-electron chi connectivity index (χ2n) is 5.50. The Balaban J connectivity index is 2.24. The lowest BCUT2D eigenvalue weighted by atomic mass is 9.98. The van der Waals surface area contributed by atoms with E-state index in [0.717, 1.165) is 43.7 Å². The number of nitrogens with zero attached hydrogens (tertiary/aromatic N) is 2. The van der Waals surface area contributed by atoms with Crippen LogP contribution in [0.4, 0.5) is 5.82 Å². The summed E-state index contributed by atoms with van der Waals surface area (Å²) in [5.41, 5.74) is 1.61. The predicted molar refractivity (Wildman–Crippen MR) is 83.5 cm³/mol. The molecule has 0 spiro atoms. The monoisotopic (exact) mass is 291 g/mol. The predicted octanol–water partition coefficient (Wildman–Crippen LogP) is 2.06. The summed E-state index contributed by atoms with van der Waals surface area (Å²) in [4.78, 5) is 19.2. The van der Waals surface area contributed by atoms with Crippen molar-refractivity contribution in [2.75, 3.05) is 25.5 Å². The molecular formula is C16H25N3O2. The molecule has 116 valence electrons. The van der Waals surface area contributed by atoms with Crippen LogP contribution < -0.4 is 5.32 Å². The Morgan fingerprint density at radius 3 is 2.95 bits per heavy atom. The van der Waals surface area contributed by atoms with Crippen molar-refractivity contribution in [1.82, 2.24) is 9.88 Å². The van der Waals surface area contributed by atoms with Crippen LogP contribution in [-0.2, 0) is 6.42 Å². The first-order valence-corrected chi connectivity index (χ1v) is 7.80. The van der Waals surface area contributed by atoms with E-state index in [9.17, 15) is 9.90 Å². The van der Waals surface area contributed by atoms with Gasteiger partial charge in [0.1, 0.15) is 5.82 Å². The molecule has 2 rings (SSSR count). The average Bonchev–Trinajstić information content (AvgIpc) is 2.54. The summed E-state index contributed by atoms with van der Waals surface area (Å²) in [6, 6.07) is 3.85. The van der Waals surface area contributed by atoms with Crippen LogP contribution in [0.2, 0.25) is 0 Å². The number of nitrogens with one attached hydrogen (secondary N) is 1. The highest BCUT2D eigenvalue weighted by Crippen LogP contribution is 2.23. The number of carbonyl (C=O) groups is 1. The van der Waals surface area contributed by atoms with Crippen LogP contribution in [0.1, 0.15) is 48.7 Å². The van der Waals surface area contributed by atoms with Gasteiger partial charge in [0.25, 0.3) is 5.91 Å². The van der Waals surface area contributed by atoms with E-state index in [4.69, 9.17) is 0 Å². The van der Waals surface area contributed by atoms with E-state index in [1.807, 2.05) is 31.0 Å². The second-order valence-corrected chi connectivity index (χ2v) is 5.50. The number of aryl methyl sites for hydroxylation is 1. The molecule has 1 atom stereocenters. The van der Waals surface area contributed by atoms with Crippen molar-refractivity contribution in [3.05, 3.63) is 23.4 Å². The Kier molecular flexibility index (Phi) is 5.56. The van der Waals surface area contributed by atoms with Crippen LogP contribution in [0.3, 0.4) is 0 Å². The minimum absolute atomic E-state index is 0.0572. The highest BCUT2D eigenvalue weighted by atomic mass is 16.3. The van der Waals surface area contributed by atoms with Gasteiger partial charge in [-0.2, -0.15) is 0 Å². The summed E-state index contributed by atoms with van der Waals surface area (Å²) < 4.78 is 0. The van der Waals surface area contributed by atoms with Crippen molar-refractivity contribution in [3.8, 4) is 0 Å². The maximum absolute atomic E-state index is 12.8. The van der Waals surface area contributed by atoms with Gasteiger partial charge in [-0.15, -0.1) is 0 Å².